The third kappa shape index (κ3) is 11.0. The third-order valence-corrected chi connectivity index (χ3v) is 4.68. The Kier molecular flexibility index (Phi) is 11.6. The number of aliphatic carboxylic acids is 1. The summed E-state index contributed by atoms with van der Waals surface area (Å²) in [6, 6.07) is -4.96. The molecule has 0 bridgehead atoms. The van der Waals surface area contributed by atoms with Gasteiger partial charge in [0.15, 0.2) is 5.96 Å². The average Bonchev–Trinajstić information content (AvgIpc) is 3.27. The van der Waals surface area contributed by atoms with E-state index < -0.39 is 60.2 Å². The maximum Gasteiger partial charge on any atom is 0.325 e. The number of hydrogen-bond donors (Lipinski definition) is 9. The molecule has 1 aromatic heterocycles. The lowest BCUT2D eigenvalue weighted by atomic mass is 10.1. The molecule has 0 aliphatic heterocycles. The highest BCUT2D eigenvalue weighted by Crippen LogP contribution is 2.04. The van der Waals surface area contributed by atoms with E-state index in [0.717, 1.165) is 0 Å². The highest BCUT2D eigenvalue weighted by Gasteiger charge is 2.30. The average molecular weight is 497 g/mol. The molecule has 1 heterocycles. The Labute approximate surface area is 200 Å². The van der Waals surface area contributed by atoms with E-state index in [1.54, 1.807) is 0 Å². The number of hydrogen-bond acceptors (Lipinski definition) is 8. The molecule has 35 heavy (non-hydrogen) atoms. The summed E-state index contributed by atoms with van der Waals surface area (Å²) in [5.41, 5.74) is 22.2. The molecule has 16 nitrogen and oxygen atoms in total. The van der Waals surface area contributed by atoms with Gasteiger partial charge in [-0.25, -0.2) is 4.98 Å². The standard InChI is InChI=1S/C19H32N10O6/c1-9(18(34)35)27-16(32)12(3-2-4-25-19(22)23)28-17(33)13(6-14(21)30)29-15(31)11(20)5-10-7-24-8-26-10/h7-9,11-13H,2-6,20H2,1H3,(H2,21,30)(H,24,26)(H,27,32)(H,28,33)(H,29,31)(H,34,35)(H4,22,23,25). The summed E-state index contributed by atoms with van der Waals surface area (Å²) in [6.07, 6.45) is 2.68. The second-order valence-electron chi connectivity index (χ2n) is 7.70. The van der Waals surface area contributed by atoms with Gasteiger partial charge in [0, 0.05) is 24.9 Å². The Balaban J connectivity index is 2.92. The first-order chi connectivity index (χ1) is 16.4. The van der Waals surface area contributed by atoms with Gasteiger partial charge in [-0.15, -0.1) is 0 Å². The number of primary amides is 1. The number of carbonyl (C=O) groups excluding carboxylic acids is 4. The molecule has 13 N–H and O–H groups in total. The monoisotopic (exact) mass is 496 g/mol. The van der Waals surface area contributed by atoms with Crippen molar-refractivity contribution in [2.75, 3.05) is 6.54 Å². The van der Waals surface area contributed by atoms with Gasteiger partial charge in [0.25, 0.3) is 0 Å². The smallest absolute Gasteiger partial charge is 0.325 e. The number of rotatable bonds is 15. The summed E-state index contributed by atoms with van der Waals surface area (Å²) in [4.78, 5) is 70.9. The number of carboxylic acid groups (broad SMARTS) is 1. The Morgan fingerprint density at radius 3 is 2.23 bits per heavy atom. The molecular formula is C19H32N10O6. The van der Waals surface area contributed by atoms with E-state index in [4.69, 9.17) is 28.0 Å². The summed E-state index contributed by atoms with van der Waals surface area (Å²) >= 11 is 0. The quantitative estimate of drug-likeness (QED) is 0.0640. The zero-order chi connectivity index (χ0) is 26.5. The van der Waals surface area contributed by atoms with Gasteiger partial charge in [-0.1, -0.05) is 0 Å². The normalized spacial score (nSPS) is 14.0. The van der Waals surface area contributed by atoms with Crippen LogP contribution in [0.25, 0.3) is 0 Å². The van der Waals surface area contributed by atoms with Crippen molar-refractivity contribution >= 4 is 35.6 Å². The maximum absolute atomic E-state index is 12.9. The Hall–Kier alpha value is -4.21. The molecule has 0 spiro atoms. The van der Waals surface area contributed by atoms with Crippen LogP contribution in [0.2, 0.25) is 0 Å². The second kappa shape index (κ2) is 14.1. The second-order valence-corrected chi connectivity index (χ2v) is 7.70. The predicted octanol–water partition coefficient (Wildman–Crippen LogP) is -4.23. The van der Waals surface area contributed by atoms with Gasteiger partial charge in [-0.05, 0) is 19.8 Å². The highest BCUT2D eigenvalue weighted by molar-refractivity contribution is 5.96. The number of imidazole rings is 1. The van der Waals surface area contributed by atoms with Crippen LogP contribution in [0.3, 0.4) is 0 Å². The van der Waals surface area contributed by atoms with Crippen LogP contribution in [0.5, 0.6) is 0 Å². The predicted molar refractivity (Wildman–Crippen MR) is 123 cm³/mol. The molecule has 1 rings (SSSR count). The first kappa shape index (κ1) is 28.8. The van der Waals surface area contributed by atoms with Crippen molar-refractivity contribution in [3.63, 3.8) is 0 Å². The van der Waals surface area contributed by atoms with Crippen molar-refractivity contribution in [1.29, 1.82) is 0 Å². The Bertz CT molecular complexity index is 915. The van der Waals surface area contributed by atoms with Crippen LogP contribution in [-0.4, -0.2) is 81.3 Å². The van der Waals surface area contributed by atoms with Gasteiger partial charge in [-0.2, -0.15) is 0 Å². The Morgan fingerprint density at radius 1 is 1.06 bits per heavy atom. The van der Waals surface area contributed by atoms with Crippen LogP contribution in [-0.2, 0) is 30.4 Å². The van der Waals surface area contributed by atoms with Crippen molar-refractivity contribution in [3.05, 3.63) is 18.2 Å². The number of nitrogens with one attached hydrogen (secondary N) is 4. The van der Waals surface area contributed by atoms with Gasteiger partial charge >= 0.3 is 5.97 Å². The minimum absolute atomic E-state index is 0.0251. The molecule has 4 unspecified atom stereocenters. The molecule has 0 aromatic carbocycles. The van der Waals surface area contributed by atoms with E-state index in [2.05, 4.69) is 30.9 Å². The van der Waals surface area contributed by atoms with Gasteiger partial charge in [0.2, 0.25) is 23.6 Å². The fourth-order valence-electron chi connectivity index (χ4n) is 2.84. The number of carbonyl (C=O) groups is 5. The number of aliphatic imine (C=N–C) groups is 1. The lowest BCUT2D eigenvalue weighted by molar-refractivity contribution is -0.142. The van der Waals surface area contributed by atoms with Crippen LogP contribution in [0.15, 0.2) is 17.5 Å². The topological polar surface area (TPSA) is 287 Å². The number of nitrogens with two attached hydrogens (primary N) is 4. The SMILES string of the molecule is CC(NC(=O)C(CCCN=C(N)N)NC(=O)C(CC(N)=O)NC(=O)C(N)Cc1cnc[nH]1)C(=O)O. The van der Waals surface area contributed by atoms with E-state index in [1.165, 1.54) is 19.4 Å². The molecule has 0 aliphatic rings. The van der Waals surface area contributed by atoms with Crippen molar-refractivity contribution in [2.45, 2.75) is 56.8 Å². The van der Waals surface area contributed by atoms with Crippen molar-refractivity contribution in [3.8, 4) is 0 Å². The van der Waals surface area contributed by atoms with Gasteiger partial charge in [0.05, 0.1) is 18.8 Å². The highest BCUT2D eigenvalue weighted by atomic mass is 16.4. The first-order valence-electron chi connectivity index (χ1n) is 10.6. The van der Waals surface area contributed by atoms with E-state index in [9.17, 15) is 24.0 Å². The van der Waals surface area contributed by atoms with E-state index in [1.807, 2.05) is 0 Å². The summed E-state index contributed by atoms with van der Waals surface area (Å²) in [6.45, 7) is 1.39. The molecule has 16 heteroatoms. The van der Waals surface area contributed by atoms with E-state index >= 15 is 0 Å². The van der Waals surface area contributed by atoms with Crippen LogP contribution >= 0.6 is 0 Å². The summed E-state index contributed by atoms with van der Waals surface area (Å²) in [5, 5.41) is 16.1. The van der Waals surface area contributed by atoms with Gasteiger partial charge in [0.1, 0.15) is 18.1 Å². The molecule has 4 atom stereocenters. The maximum atomic E-state index is 12.9. The number of aromatic nitrogens is 2. The molecule has 0 fully saturated rings. The summed E-state index contributed by atoms with van der Waals surface area (Å²) in [7, 11) is 0. The van der Waals surface area contributed by atoms with Gasteiger partial charge in [-0.3, -0.25) is 29.0 Å². The molecular weight excluding hydrogens is 464 g/mol. The number of amides is 4. The fraction of sp³-hybridized carbons (Fsp3) is 0.526. The van der Waals surface area contributed by atoms with Crippen LogP contribution in [0.4, 0.5) is 0 Å². The van der Waals surface area contributed by atoms with Gasteiger partial charge < -0.3 is 49.0 Å². The number of carboxylic acids is 1. The zero-order valence-electron chi connectivity index (χ0n) is 19.2. The van der Waals surface area contributed by atoms with Crippen LogP contribution < -0.4 is 38.9 Å². The molecule has 0 aliphatic carbocycles. The van der Waals surface area contributed by atoms with Crippen LogP contribution in [0.1, 0.15) is 31.9 Å². The largest absolute Gasteiger partial charge is 0.480 e. The lowest BCUT2D eigenvalue weighted by Crippen LogP contribution is -2.57. The molecule has 0 saturated carbocycles. The van der Waals surface area contributed by atoms with Crippen LogP contribution in [0, 0.1) is 0 Å². The zero-order valence-corrected chi connectivity index (χ0v) is 19.2. The van der Waals surface area contributed by atoms with Crippen molar-refractivity contribution in [1.82, 2.24) is 25.9 Å². The molecule has 0 radical (unpaired) electrons. The summed E-state index contributed by atoms with van der Waals surface area (Å²) in [5.74, 6) is -4.76. The Morgan fingerprint density at radius 2 is 1.69 bits per heavy atom. The fourth-order valence-corrected chi connectivity index (χ4v) is 2.84. The minimum atomic E-state index is -1.43. The number of aromatic amines is 1. The van der Waals surface area contributed by atoms with E-state index in [0.29, 0.717) is 5.69 Å². The van der Waals surface area contributed by atoms with Crippen molar-refractivity contribution in [2.24, 2.45) is 27.9 Å². The minimum Gasteiger partial charge on any atom is -0.480 e. The summed E-state index contributed by atoms with van der Waals surface area (Å²) < 4.78 is 0. The first-order valence-corrected chi connectivity index (χ1v) is 10.6. The molecule has 4 amide bonds. The number of H-pyrrole nitrogens is 1. The third-order valence-electron chi connectivity index (χ3n) is 4.68. The molecule has 1 aromatic rings. The number of guanidine groups is 1. The molecule has 194 valence electrons. The lowest BCUT2D eigenvalue weighted by Gasteiger charge is -2.24. The van der Waals surface area contributed by atoms with E-state index in [-0.39, 0.29) is 31.8 Å². The van der Waals surface area contributed by atoms with Crippen molar-refractivity contribution < 1.29 is 29.1 Å². The molecule has 0 saturated heterocycles. The number of nitrogens with zero attached hydrogens (tertiary/aromatic N) is 2.